The van der Waals surface area contributed by atoms with E-state index in [2.05, 4.69) is 32.5 Å². The molecule has 0 atom stereocenters. The van der Waals surface area contributed by atoms with Crippen molar-refractivity contribution < 1.29 is 9.18 Å². The molecule has 4 rings (SSSR count). The largest absolute Gasteiger partial charge is 0.399 e. The number of amides is 1. The molecule has 1 aliphatic rings. The predicted molar refractivity (Wildman–Crippen MR) is 122 cm³/mol. The van der Waals surface area contributed by atoms with Gasteiger partial charge in [0.2, 0.25) is 0 Å². The van der Waals surface area contributed by atoms with E-state index in [4.69, 9.17) is 5.73 Å². The zero-order chi connectivity index (χ0) is 21.8. The highest BCUT2D eigenvalue weighted by molar-refractivity contribution is 6.04. The van der Waals surface area contributed by atoms with Gasteiger partial charge in [-0.05, 0) is 43.4 Å². The molecule has 0 bridgehead atoms. The van der Waals surface area contributed by atoms with Gasteiger partial charge < -0.3 is 26.2 Å². The summed E-state index contributed by atoms with van der Waals surface area (Å²) in [5.74, 6) is -0.515. The topological polar surface area (TPSA) is 86.5 Å². The van der Waals surface area contributed by atoms with Gasteiger partial charge in [0.15, 0.2) is 0 Å². The second-order valence-electron chi connectivity index (χ2n) is 7.57. The number of nitrogens with one attached hydrogen (secondary N) is 2. The summed E-state index contributed by atoms with van der Waals surface area (Å²) in [6.45, 7) is 3.88. The maximum atomic E-state index is 13.9. The number of nitrogens with zero attached hydrogens (tertiary/aromatic N) is 3. The highest BCUT2D eigenvalue weighted by atomic mass is 19.1. The Bertz CT molecular complexity index is 1080. The number of hydrogen-bond acceptors (Lipinski definition) is 6. The van der Waals surface area contributed by atoms with Crippen molar-refractivity contribution in [3.05, 3.63) is 72.2 Å². The first-order chi connectivity index (χ1) is 15.0. The summed E-state index contributed by atoms with van der Waals surface area (Å²) in [7, 11) is 2.11. The fourth-order valence-electron chi connectivity index (χ4n) is 3.47. The van der Waals surface area contributed by atoms with E-state index in [0.717, 1.165) is 31.9 Å². The number of carbonyl (C=O) groups is 1. The second kappa shape index (κ2) is 9.01. The van der Waals surface area contributed by atoms with Crippen LogP contribution in [-0.4, -0.2) is 49.0 Å². The SMILES string of the molecule is CN1CCN(c2cccc(NC(=O)c3cc(N)cc(Nc4ccccc4F)n3)c2)CC1. The van der Waals surface area contributed by atoms with Crippen molar-refractivity contribution in [3.8, 4) is 0 Å². The summed E-state index contributed by atoms with van der Waals surface area (Å²) in [6, 6.07) is 17.0. The first kappa shape index (κ1) is 20.6. The third-order valence-electron chi connectivity index (χ3n) is 5.19. The average molecular weight is 420 g/mol. The van der Waals surface area contributed by atoms with Crippen LogP contribution in [0, 0.1) is 5.82 Å². The van der Waals surface area contributed by atoms with Gasteiger partial charge in [-0.15, -0.1) is 0 Å². The Kier molecular flexibility index (Phi) is 5.99. The van der Waals surface area contributed by atoms with Crippen LogP contribution in [0.3, 0.4) is 0 Å². The van der Waals surface area contributed by atoms with Gasteiger partial charge in [-0.25, -0.2) is 9.37 Å². The predicted octanol–water partition coefficient (Wildman–Crippen LogP) is 3.55. The number of rotatable bonds is 5. The second-order valence-corrected chi connectivity index (χ2v) is 7.57. The number of piperazine rings is 1. The Hall–Kier alpha value is -3.65. The lowest BCUT2D eigenvalue weighted by atomic mass is 10.2. The molecule has 2 heterocycles. The Morgan fingerprint density at radius 1 is 1.03 bits per heavy atom. The molecule has 7 nitrogen and oxygen atoms in total. The number of nitrogen functional groups attached to an aromatic ring is 1. The third kappa shape index (κ3) is 5.10. The molecule has 0 saturated carbocycles. The van der Waals surface area contributed by atoms with Gasteiger partial charge in [0.1, 0.15) is 17.3 Å². The molecule has 1 saturated heterocycles. The molecular formula is C23H25FN6O. The minimum atomic E-state index is -0.418. The number of anilines is 5. The Morgan fingerprint density at radius 3 is 2.58 bits per heavy atom. The van der Waals surface area contributed by atoms with Crippen LogP contribution in [0.1, 0.15) is 10.5 Å². The molecule has 0 spiro atoms. The fraction of sp³-hybridized carbons (Fsp3) is 0.217. The lowest BCUT2D eigenvalue weighted by Crippen LogP contribution is -2.44. The third-order valence-corrected chi connectivity index (χ3v) is 5.19. The molecule has 4 N–H and O–H groups in total. The summed E-state index contributed by atoms with van der Waals surface area (Å²) in [4.78, 5) is 21.7. The summed E-state index contributed by atoms with van der Waals surface area (Å²) in [5, 5.41) is 5.75. The quantitative estimate of drug-likeness (QED) is 0.585. The molecule has 0 unspecified atom stereocenters. The van der Waals surface area contributed by atoms with E-state index in [0.29, 0.717) is 17.2 Å². The van der Waals surface area contributed by atoms with Crippen LogP contribution < -0.4 is 21.3 Å². The van der Waals surface area contributed by atoms with E-state index < -0.39 is 5.82 Å². The molecule has 3 aromatic rings. The number of para-hydroxylation sites is 1. The number of aromatic nitrogens is 1. The normalized spacial score (nSPS) is 14.3. The van der Waals surface area contributed by atoms with Crippen LogP contribution in [-0.2, 0) is 0 Å². The van der Waals surface area contributed by atoms with Gasteiger partial charge in [-0.2, -0.15) is 0 Å². The Morgan fingerprint density at radius 2 is 1.81 bits per heavy atom. The maximum Gasteiger partial charge on any atom is 0.274 e. The van der Waals surface area contributed by atoms with Crippen molar-refractivity contribution in [2.24, 2.45) is 0 Å². The molecule has 2 aromatic carbocycles. The first-order valence-corrected chi connectivity index (χ1v) is 10.1. The van der Waals surface area contributed by atoms with E-state index in [9.17, 15) is 9.18 Å². The van der Waals surface area contributed by atoms with Crippen molar-refractivity contribution in [3.63, 3.8) is 0 Å². The highest BCUT2D eigenvalue weighted by Crippen LogP contribution is 2.23. The van der Waals surface area contributed by atoms with E-state index in [1.54, 1.807) is 24.3 Å². The fourth-order valence-corrected chi connectivity index (χ4v) is 3.47. The van der Waals surface area contributed by atoms with Gasteiger partial charge in [0.25, 0.3) is 5.91 Å². The molecule has 31 heavy (non-hydrogen) atoms. The molecule has 0 aliphatic carbocycles. The zero-order valence-corrected chi connectivity index (χ0v) is 17.3. The van der Waals surface area contributed by atoms with Gasteiger partial charge in [0, 0.05) is 49.3 Å². The molecular weight excluding hydrogens is 395 g/mol. The lowest BCUT2D eigenvalue weighted by molar-refractivity contribution is 0.102. The van der Waals surface area contributed by atoms with Crippen molar-refractivity contribution in [2.45, 2.75) is 0 Å². The molecule has 1 amide bonds. The monoisotopic (exact) mass is 420 g/mol. The van der Waals surface area contributed by atoms with E-state index in [1.807, 2.05) is 24.3 Å². The van der Waals surface area contributed by atoms with Crippen LogP contribution in [0.15, 0.2) is 60.7 Å². The summed E-state index contributed by atoms with van der Waals surface area (Å²) >= 11 is 0. The minimum absolute atomic E-state index is 0.142. The van der Waals surface area contributed by atoms with Gasteiger partial charge in [0.05, 0.1) is 5.69 Å². The average Bonchev–Trinajstić information content (AvgIpc) is 2.76. The molecule has 1 aromatic heterocycles. The lowest BCUT2D eigenvalue weighted by Gasteiger charge is -2.34. The van der Waals surface area contributed by atoms with Gasteiger partial charge in [-0.3, -0.25) is 4.79 Å². The van der Waals surface area contributed by atoms with Gasteiger partial charge in [-0.1, -0.05) is 18.2 Å². The van der Waals surface area contributed by atoms with Crippen molar-refractivity contribution in [1.29, 1.82) is 0 Å². The maximum absolute atomic E-state index is 13.9. The summed E-state index contributed by atoms with van der Waals surface area (Å²) in [5.41, 5.74) is 8.44. The molecule has 1 fully saturated rings. The van der Waals surface area contributed by atoms with Crippen molar-refractivity contribution >= 4 is 34.5 Å². The minimum Gasteiger partial charge on any atom is -0.399 e. The smallest absolute Gasteiger partial charge is 0.274 e. The standard InChI is InChI=1S/C23H25FN6O/c1-29-9-11-30(12-10-29)18-6-4-5-17(15-18)26-23(31)21-13-16(25)14-22(28-21)27-20-8-3-2-7-19(20)24/h2-8,13-15H,9-12H2,1H3,(H,26,31)(H3,25,27,28). The van der Waals surface area contributed by atoms with Crippen LogP contribution in [0.25, 0.3) is 0 Å². The van der Waals surface area contributed by atoms with E-state index in [1.165, 1.54) is 12.1 Å². The first-order valence-electron chi connectivity index (χ1n) is 10.1. The Labute approximate surface area is 180 Å². The number of carbonyl (C=O) groups excluding carboxylic acids is 1. The van der Waals surface area contributed by atoms with E-state index >= 15 is 0 Å². The van der Waals surface area contributed by atoms with Crippen LogP contribution in [0.5, 0.6) is 0 Å². The Balaban J connectivity index is 1.49. The molecule has 0 radical (unpaired) electrons. The number of likely N-dealkylation sites (N-methyl/N-ethyl adjacent to an activating group) is 1. The number of hydrogen-bond donors (Lipinski definition) is 3. The molecule has 160 valence electrons. The molecule has 8 heteroatoms. The highest BCUT2D eigenvalue weighted by Gasteiger charge is 2.16. The number of nitrogens with two attached hydrogens (primary N) is 1. The summed E-state index contributed by atoms with van der Waals surface area (Å²) in [6.07, 6.45) is 0. The number of halogens is 1. The van der Waals surface area contributed by atoms with Crippen LogP contribution in [0.2, 0.25) is 0 Å². The number of benzene rings is 2. The number of pyridine rings is 1. The van der Waals surface area contributed by atoms with E-state index in [-0.39, 0.29) is 17.3 Å². The van der Waals surface area contributed by atoms with Crippen LogP contribution in [0.4, 0.5) is 33.0 Å². The van der Waals surface area contributed by atoms with Crippen molar-refractivity contribution in [1.82, 2.24) is 9.88 Å². The van der Waals surface area contributed by atoms with Crippen molar-refractivity contribution in [2.75, 3.05) is 54.5 Å². The van der Waals surface area contributed by atoms with Gasteiger partial charge >= 0.3 is 0 Å². The zero-order valence-electron chi connectivity index (χ0n) is 17.3. The summed E-state index contributed by atoms with van der Waals surface area (Å²) < 4.78 is 13.9. The van der Waals surface area contributed by atoms with Crippen LogP contribution >= 0.6 is 0 Å². The molecule has 1 aliphatic heterocycles.